The maximum Gasteiger partial charge on any atom is 0.0834 e. The first-order chi connectivity index (χ1) is 7.74. The molecule has 0 radical (unpaired) electrons. The molecule has 90 valence electrons. The fourth-order valence-corrected chi connectivity index (χ4v) is 2.61. The van der Waals surface area contributed by atoms with Crippen LogP contribution in [0, 0.1) is 5.92 Å². The zero-order valence-corrected chi connectivity index (χ0v) is 10.8. The van der Waals surface area contributed by atoms with Crippen LogP contribution in [-0.4, -0.2) is 16.3 Å². The summed E-state index contributed by atoms with van der Waals surface area (Å²) in [5.74, 6) is 0.736. The fourth-order valence-electron chi connectivity index (χ4n) is 2.33. The lowest BCUT2D eigenvalue weighted by Crippen LogP contribution is -2.34. The average molecular weight is 242 g/mol. The van der Waals surface area contributed by atoms with Crippen LogP contribution in [0.15, 0.2) is 6.20 Å². The van der Waals surface area contributed by atoms with E-state index < -0.39 is 0 Å². The van der Waals surface area contributed by atoms with Crippen LogP contribution in [0.3, 0.4) is 0 Å². The van der Waals surface area contributed by atoms with Gasteiger partial charge < -0.3 is 5.32 Å². The van der Waals surface area contributed by atoms with Gasteiger partial charge in [0.2, 0.25) is 0 Å². The molecule has 0 amide bonds. The minimum absolute atomic E-state index is 0.383. The molecule has 0 saturated heterocycles. The van der Waals surface area contributed by atoms with E-state index in [2.05, 4.69) is 17.3 Å². The van der Waals surface area contributed by atoms with Crippen molar-refractivity contribution in [1.82, 2.24) is 15.1 Å². The Morgan fingerprint density at radius 2 is 2.38 bits per heavy atom. The van der Waals surface area contributed by atoms with Gasteiger partial charge in [-0.05, 0) is 31.7 Å². The lowest BCUT2D eigenvalue weighted by atomic mass is 9.78. The standard InChI is InChI=1S/C12H20ClN3/c1-3-7-14-11(9-5-4-6-9)12-10(13)8-15-16(12)2/h8-9,11,14H,3-7H2,1-2H3. The van der Waals surface area contributed by atoms with Gasteiger partial charge in [-0.2, -0.15) is 5.10 Å². The van der Waals surface area contributed by atoms with Crippen LogP contribution < -0.4 is 5.32 Å². The molecular formula is C12H20ClN3. The van der Waals surface area contributed by atoms with Crippen LogP contribution in [0.2, 0.25) is 5.02 Å². The average Bonchev–Trinajstić information content (AvgIpc) is 2.51. The molecule has 1 fully saturated rings. The molecule has 2 rings (SSSR count). The predicted octanol–water partition coefficient (Wildman–Crippen LogP) is 2.91. The number of nitrogens with zero attached hydrogens (tertiary/aromatic N) is 2. The third-order valence-electron chi connectivity index (χ3n) is 3.47. The van der Waals surface area contributed by atoms with Crippen LogP contribution >= 0.6 is 11.6 Å². The smallest absolute Gasteiger partial charge is 0.0834 e. The lowest BCUT2D eigenvalue weighted by Gasteiger charge is -2.34. The van der Waals surface area contributed by atoms with Crippen molar-refractivity contribution in [3.05, 3.63) is 16.9 Å². The molecule has 4 heteroatoms. The molecule has 1 N–H and O–H groups in total. The van der Waals surface area contributed by atoms with Crippen LogP contribution in [0.25, 0.3) is 0 Å². The minimum Gasteiger partial charge on any atom is -0.308 e. The molecular weight excluding hydrogens is 222 g/mol. The molecule has 1 aromatic heterocycles. The summed E-state index contributed by atoms with van der Waals surface area (Å²) < 4.78 is 1.91. The Balaban J connectivity index is 2.16. The summed E-state index contributed by atoms with van der Waals surface area (Å²) in [6.07, 6.45) is 6.87. The first-order valence-corrected chi connectivity index (χ1v) is 6.52. The topological polar surface area (TPSA) is 29.9 Å². The highest BCUT2D eigenvalue weighted by atomic mass is 35.5. The molecule has 1 saturated carbocycles. The highest BCUT2D eigenvalue weighted by Gasteiger charge is 2.31. The summed E-state index contributed by atoms with van der Waals surface area (Å²) in [6.45, 7) is 3.23. The van der Waals surface area contributed by atoms with Gasteiger partial charge >= 0.3 is 0 Å². The van der Waals surface area contributed by atoms with Gasteiger partial charge in [-0.3, -0.25) is 4.68 Å². The Bertz CT molecular complexity index is 325. The summed E-state index contributed by atoms with van der Waals surface area (Å²) >= 11 is 6.22. The highest BCUT2D eigenvalue weighted by molar-refractivity contribution is 6.31. The fraction of sp³-hybridized carbons (Fsp3) is 0.750. The van der Waals surface area contributed by atoms with Gasteiger partial charge in [0.15, 0.2) is 0 Å². The Kier molecular flexibility index (Phi) is 3.87. The van der Waals surface area contributed by atoms with Gasteiger partial charge in [-0.1, -0.05) is 24.9 Å². The van der Waals surface area contributed by atoms with Crippen LogP contribution in [-0.2, 0) is 7.05 Å². The van der Waals surface area contributed by atoms with Crippen molar-refractivity contribution in [1.29, 1.82) is 0 Å². The van der Waals surface area contributed by atoms with Gasteiger partial charge in [0.25, 0.3) is 0 Å². The molecule has 0 bridgehead atoms. The van der Waals surface area contributed by atoms with Gasteiger partial charge in [-0.15, -0.1) is 0 Å². The molecule has 0 spiro atoms. The van der Waals surface area contributed by atoms with Gasteiger partial charge in [0.05, 0.1) is 23.0 Å². The second-order valence-corrected chi connectivity index (χ2v) is 5.03. The maximum atomic E-state index is 6.22. The van der Waals surface area contributed by atoms with Crippen molar-refractivity contribution in [3.8, 4) is 0 Å². The Morgan fingerprint density at radius 3 is 2.81 bits per heavy atom. The van der Waals surface area contributed by atoms with Crippen LogP contribution in [0.1, 0.15) is 44.3 Å². The number of hydrogen-bond acceptors (Lipinski definition) is 2. The summed E-state index contributed by atoms with van der Waals surface area (Å²) in [5, 5.41) is 8.64. The highest BCUT2D eigenvalue weighted by Crippen LogP contribution is 2.39. The van der Waals surface area contributed by atoms with E-state index in [9.17, 15) is 0 Å². The van der Waals surface area contributed by atoms with Crippen LogP contribution in [0.4, 0.5) is 0 Å². The number of aryl methyl sites for hydroxylation is 1. The van der Waals surface area contributed by atoms with E-state index in [0.717, 1.165) is 29.6 Å². The monoisotopic (exact) mass is 241 g/mol. The zero-order valence-electron chi connectivity index (χ0n) is 10.0. The van der Waals surface area contributed by atoms with Crippen molar-refractivity contribution < 1.29 is 0 Å². The Hall–Kier alpha value is -0.540. The minimum atomic E-state index is 0.383. The van der Waals surface area contributed by atoms with E-state index in [1.54, 1.807) is 6.20 Å². The molecule has 1 atom stereocenters. The largest absolute Gasteiger partial charge is 0.308 e. The third kappa shape index (κ3) is 2.25. The quantitative estimate of drug-likeness (QED) is 0.859. The molecule has 1 aliphatic rings. The predicted molar refractivity (Wildman–Crippen MR) is 66.6 cm³/mol. The molecule has 0 aliphatic heterocycles. The van der Waals surface area contributed by atoms with Gasteiger partial charge in [0, 0.05) is 7.05 Å². The summed E-state index contributed by atoms with van der Waals surface area (Å²) in [6, 6.07) is 0.383. The Labute approximate surface area is 102 Å². The Morgan fingerprint density at radius 1 is 1.62 bits per heavy atom. The van der Waals surface area contributed by atoms with Crippen molar-refractivity contribution in [2.75, 3.05) is 6.54 Å². The van der Waals surface area contributed by atoms with Crippen molar-refractivity contribution in [2.24, 2.45) is 13.0 Å². The number of aromatic nitrogens is 2. The lowest BCUT2D eigenvalue weighted by molar-refractivity contribution is 0.223. The molecule has 1 aromatic rings. The molecule has 1 heterocycles. The number of hydrogen-bond donors (Lipinski definition) is 1. The summed E-state index contributed by atoms with van der Waals surface area (Å²) in [4.78, 5) is 0. The van der Waals surface area contributed by atoms with E-state index in [-0.39, 0.29) is 0 Å². The zero-order chi connectivity index (χ0) is 11.5. The van der Waals surface area contributed by atoms with E-state index in [4.69, 9.17) is 11.6 Å². The van der Waals surface area contributed by atoms with E-state index >= 15 is 0 Å². The second kappa shape index (κ2) is 5.19. The third-order valence-corrected chi connectivity index (χ3v) is 3.76. The molecule has 1 aliphatic carbocycles. The second-order valence-electron chi connectivity index (χ2n) is 4.62. The first-order valence-electron chi connectivity index (χ1n) is 6.14. The molecule has 1 unspecified atom stereocenters. The number of rotatable bonds is 5. The van der Waals surface area contributed by atoms with Crippen molar-refractivity contribution in [3.63, 3.8) is 0 Å². The van der Waals surface area contributed by atoms with E-state index in [1.165, 1.54) is 19.3 Å². The molecule has 0 aromatic carbocycles. The van der Waals surface area contributed by atoms with E-state index in [1.807, 2.05) is 11.7 Å². The van der Waals surface area contributed by atoms with Crippen molar-refractivity contribution in [2.45, 2.75) is 38.6 Å². The normalized spacial score (nSPS) is 18.4. The number of halogens is 1. The van der Waals surface area contributed by atoms with Gasteiger partial charge in [-0.25, -0.2) is 0 Å². The first kappa shape index (κ1) is 11.9. The maximum absolute atomic E-state index is 6.22. The summed E-state index contributed by atoms with van der Waals surface area (Å²) in [7, 11) is 1.97. The molecule has 3 nitrogen and oxygen atoms in total. The SMILES string of the molecule is CCCNC(c1c(Cl)cnn1C)C1CCC1. The van der Waals surface area contributed by atoms with E-state index in [0.29, 0.717) is 6.04 Å². The summed E-state index contributed by atoms with van der Waals surface area (Å²) in [5.41, 5.74) is 1.15. The van der Waals surface area contributed by atoms with Gasteiger partial charge in [0.1, 0.15) is 0 Å². The van der Waals surface area contributed by atoms with Crippen molar-refractivity contribution >= 4 is 11.6 Å². The molecule has 16 heavy (non-hydrogen) atoms. The van der Waals surface area contributed by atoms with Crippen LogP contribution in [0.5, 0.6) is 0 Å². The number of nitrogens with one attached hydrogen (secondary N) is 1.